The fraction of sp³-hybridized carbons (Fsp3) is 0.333. The first-order valence-corrected chi connectivity index (χ1v) is 9.09. The molecule has 2 aromatic rings. The molecule has 3 rings (SSSR count). The van der Waals surface area contributed by atoms with Crippen LogP contribution in [0.1, 0.15) is 28.8 Å². The summed E-state index contributed by atoms with van der Waals surface area (Å²) in [6.07, 6.45) is 2.14. The van der Waals surface area contributed by atoms with E-state index in [9.17, 15) is 4.79 Å². The van der Waals surface area contributed by atoms with Crippen LogP contribution in [0.2, 0.25) is 0 Å². The van der Waals surface area contributed by atoms with Gasteiger partial charge < -0.3 is 14.8 Å². The van der Waals surface area contributed by atoms with Crippen LogP contribution >= 0.6 is 0 Å². The van der Waals surface area contributed by atoms with E-state index in [0.29, 0.717) is 18.1 Å². The maximum absolute atomic E-state index is 12.6. The van der Waals surface area contributed by atoms with Crippen LogP contribution in [-0.2, 0) is 4.74 Å². The third-order valence-corrected chi connectivity index (χ3v) is 4.32. The van der Waals surface area contributed by atoms with E-state index in [4.69, 9.17) is 9.47 Å². The quantitative estimate of drug-likeness (QED) is 0.628. The van der Waals surface area contributed by atoms with Crippen molar-refractivity contribution in [2.24, 2.45) is 4.99 Å². The van der Waals surface area contributed by atoms with E-state index in [-0.39, 0.29) is 12.0 Å². The van der Waals surface area contributed by atoms with Gasteiger partial charge in [0.2, 0.25) is 5.96 Å². The van der Waals surface area contributed by atoms with Crippen molar-refractivity contribution >= 4 is 17.6 Å². The topological polar surface area (TPSA) is 71.9 Å². The van der Waals surface area contributed by atoms with Gasteiger partial charge in [-0.15, -0.1) is 0 Å². The maximum atomic E-state index is 12.6. The number of amides is 1. The number of benzene rings is 2. The number of rotatable bonds is 5. The summed E-state index contributed by atoms with van der Waals surface area (Å²) in [5.74, 6) is 0.911. The molecule has 142 valence electrons. The molecule has 0 aliphatic carbocycles. The third-order valence-electron chi connectivity index (χ3n) is 4.32. The molecule has 27 heavy (non-hydrogen) atoms. The van der Waals surface area contributed by atoms with Gasteiger partial charge in [-0.25, -0.2) is 4.99 Å². The zero-order chi connectivity index (χ0) is 19.1. The third kappa shape index (κ3) is 5.56. The molecule has 1 amide bonds. The van der Waals surface area contributed by atoms with Gasteiger partial charge in [0.25, 0.3) is 5.91 Å². The van der Waals surface area contributed by atoms with E-state index in [1.807, 2.05) is 49.4 Å². The molecule has 1 atom stereocenters. The van der Waals surface area contributed by atoms with Crippen molar-refractivity contribution in [2.75, 3.05) is 25.6 Å². The number of anilines is 1. The van der Waals surface area contributed by atoms with Crippen molar-refractivity contribution in [3.05, 3.63) is 59.7 Å². The highest BCUT2D eigenvalue weighted by Crippen LogP contribution is 2.17. The molecule has 0 unspecified atom stereocenters. The molecule has 1 aliphatic heterocycles. The number of aryl methyl sites for hydroxylation is 1. The summed E-state index contributed by atoms with van der Waals surface area (Å²) in [6.45, 7) is 3.23. The van der Waals surface area contributed by atoms with E-state index >= 15 is 0 Å². The van der Waals surface area contributed by atoms with Crippen LogP contribution in [0.15, 0.2) is 53.5 Å². The summed E-state index contributed by atoms with van der Waals surface area (Å²) in [5, 5.41) is 6.05. The number of carbonyl (C=O) groups excluding carboxylic acids is 1. The lowest BCUT2D eigenvalue weighted by molar-refractivity contribution is 0.0975. The molecule has 1 aliphatic rings. The van der Waals surface area contributed by atoms with E-state index in [1.54, 1.807) is 13.2 Å². The number of aliphatic imine (C=N–C) groups is 1. The summed E-state index contributed by atoms with van der Waals surface area (Å²) in [7, 11) is 1.62. The molecule has 0 saturated carbocycles. The van der Waals surface area contributed by atoms with Crippen molar-refractivity contribution in [3.63, 3.8) is 0 Å². The summed E-state index contributed by atoms with van der Waals surface area (Å²) in [5.41, 5.74) is 2.40. The minimum absolute atomic E-state index is 0.1000. The molecule has 6 nitrogen and oxygen atoms in total. The second kappa shape index (κ2) is 9.19. The normalized spacial score (nSPS) is 16.8. The smallest absolute Gasteiger partial charge is 0.257 e. The van der Waals surface area contributed by atoms with E-state index in [2.05, 4.69) is 15.6 Å². The summed E-state index contributed by atoms with van der Waals surface area (Å²) in [6, 6.07) is 14.9. The molecule has 1 fully saturated rings. The first kappa shape index (κ1) is 18.9. The molecule has 0 spiro atoms. The number of nitrogens with one attached hydrogen (secondary N) is 2. The summed E-state index contributed by atoms with van der Waals surface area (Å²) < 4.78 is 10.9. The van der Waals surface area contributed by atoms with Crippen molar-refractivity contribution in [2.45, 2.75) is 25.9 Å². The van der Waals surface area contributed by atoms with Crippen molar-refractivity contribution in [1.29, 1.82) is 0 Å². The maximum Gasteiger partial charge on any atom is 0.257 e. The lowest BCUT2D eigenvalue weighted by Crippen LogP contribution is -2.36. The number of hydrogen-bond acceptors (Lipinski definition) is 4. The highest BCUT2D eigenvalue weighted by Gasteiger charge is 2.16. The van der Waals surface area contributed by atoms with Gasteiger partial charge in [-0.2, -0.15) is 0 Å². The highest BCUT2D eigenvalue weighted by atomic mass is 16.5. The minimum Gasteiger partial charge on any atom is -0.497 e. The molecule has 6 heteroatoms. The predicted octanol–water partition coefficient (Wildman–Crippen LogP) is 3.38. The Kier molecular flexibility index (Phi) is 6.44. The Labute approximate surface area is 159 Å². The number of ether oxygens (including phenoxy) is 2. The van der Waals surface area contributed by atoms with Crippen LogP contribution in [0.4, 0.5) is 5.69 Å². The molecule has 1 heterocycles. The van der Waals surface area contributed by atoms with Gasteiger partial charge in [0, 0.05) is 23.9 Å². The first-order valence-electron chi connectivity index (χ1n) is 9.09. The Morgan fingerprint density at radius 2 is 2.11 bits per heavy atom. The van der Waals surface area contributed by atoms with Gasteiger partial charge in [-0.3, -0.25) is 10.1 Å². The predicted molar refractivity (Wildman–Crippen MR) is 107 cm³/mol. The second-order valence-electron chi connectivity index (χ2n) is 6.50. The van der Waals surface area contributed by atoms with Crippen molar-refractivity contribution < 1.29 is 14.3 Å². The Hall–Kier alpha value is -2.86. The van der Waals surface area contributed by atoms with Crippen LogP contribution in [0, 0.1) is 6.92 Å². The van der Waals surface area contributed by atoms with E-state index in [1.165, 1.54) is 0 Å². The van der Waals surface area contributed by atoms with Crippen molar-refractivity contribution in [1.82, 2.24) is 5.32 Å². The molecule has 2 aromatic carbocycles. The standard InChI is InChI=1S/C21H25N3O3/c1-15-6-3-7-16(12-15)20(25)24-21(22-14-19-10-5-11-27-19)23-17-8-4-9-18(13-17)26-2/h3-4,6-9,12-13,19H,5,10-11,14H2,1-2H3,(H2,22,23,24,25)/t19-/m0/s1. The van der Waals surface area contributed by atoms with Crippen LogP contribution in [0.3, 0.4) is 0 Å². The van der Waals surface area contributed by atoms with Gasteiger partial charge in [-0.1, -0.05) is 23.8 Å². The zero-order valence-electron chi connectivity index (χ0n) is 15.7. The molecule has 0 bridgehead atoms. The molecular weight excluding hydrogens is 342 g/mol. The molecule has 2 N–H and O–H groups in total. The summed E-state index contributed by atoms with van der Waals surface area (Å²) >= 11 is 0. The Bertz CT molecular complexity index is 814. The monoisotopic (exact) mass is 367 g/mol. The van der Waals surface area contributed by atoms with Crippen LogP contribution in [0.5, 0.6) is 5.75 Å². The Balaban J connectivity index is 1.75. The number of carbonyl (C=O) groups is 1. The molecule has 1 saturated heterocycles. The van der Waals surface area contributed by atoms with E-state index in [0.717, 1.165) is 36.4 Å². The molecule has 0 aromatic heterocycles. The van der Waals surface area contributed by atoms with Gasteiger partial charge >= 0.3 is 0 Å². The highest BCUT2D eigenvalue weighted by molar-refractivity contribution is 6.10. The van der Waals surface area contributed by atoms with Crippen LogP contribution < -0.4 is 15.4 Å². The largest absolute Gasteiger partial charge is 0.497 e. The van der Waals surface area contributed by atoms with E-state index < -0.39 is 0 Å². The first-order chi connectivity index (χ1) is 13.1. The molecular formula is C21H25N3O3. The van der Waals surface area contributed by atoms with Crippen molar-refractivity contribution in [3.8, 4) is 5.75 Å². The zero-order valence-corrected chi connectivity index (χ0v) is 15.7. The minimum atomic E-state index is -0.208. The average molecular weight is 367 g/mol. The average Bonchev–Trinajstić information content (AvgIpc) is 3.20. The number of guanidine groups is 1. The number of nitrogens with zero attached hydrogens (tertiary/aromatic N) is 1. The molecule has 0 radical (unpaired) electrons. The van der Waals surface area contributed by atoms with Gasteiger partial charge in [0.05, 0.1) is 19.8 Å². The second-order valence-corrected chi connectivity index (χ2v) is 6.50. The van der Waals surface area contributed by atoms with Gasteiger partial charge in [0.15, 0.2) is 0 Å². The fourth-order valence-corrected chi connectivity index (χ4v) is 2.90. The van der Waals surface area contributed by atoms with Crippen LogP contribution in [0.25, 0.3) is 0 Å². The van der Waals surface area contributed by atoms with Crippen LogP contribution in [-0.4, -0.2) is 38.2 Å². The lowest BCUT2D eigenvalue weighted by atomic mass is 10.1. The number of methoxy groups -OCH3 is 1. The SMILES string of the molecule is COc1cccc(NC(=NC[C@@H]2CCCO2)NC(=O)c2cccc(C)c2)c1. The summed E-state index contributed by atoms with van der Waals surface area (Å²) in [4.78, 5) is 17.2. The van der Waals surface area contributed by atoms with Gasteiger partial charge in [0.1, 0.15) is 5.75 Å². The Morgan fingerprint density at radius 1 is 1.26 bits per heavy atom. The fourth-order valence-electron chi connectivity index (χ4n) is 2.90. The number of hydrogen-bond donors (Lipinski definition) is 2. The van der Waals surface area contributed by atoms with Gasteiger partial charge in [-0.05, 0) is 44.0 Å². The lowest BCUT2D eigenvalue weighted by Gasteiger charge is -2.14. The Morgan fingerprint density at radius 3 is 2.85 bits per heavy atom.